The first-order valence-corrected chi connectivity index (χ1v) is 8.41. The second-order valence-electron chi connectivity index (χ2n) is 5.86. The van der Waals surface area contributed by atoms with Crippen molar-refractivity contribution in [3.05, 3.63) is 59.7 Å². The van der Waals surface area contributed by atoms with E-state index in [0.29, 0.717) is 30.2 Å². The van der Waals surface area contributed by atoms with Crippen LogP contribution in [0.2, 0.25) is 0 Å². The Bertz CT molecular complexity index is 742. The Labute approximate surface area is 153 Å². The lowest BCUT2D eigenvalue weighted by atomic mass is 10.1. The molecule has 2 aromatic rings. The van der Waals surface area contributed by atoms with Crippen LogP contribution in [0, 0.1) is 0 Å². The third-order valence-corrected chi connectivity index (χ3v) is 3.61. The molecule has 26 heavy (non-hydrogen) atoms. The minimum atomic E-state index is -1.02. The fourth-order valence-corrected chi connectivity index (χ4v) is 2.34. The fourth-order valence-electron chi connectivity index (χ4n) is 2.34. The van der Waals surface area contributed by atoms with Gasteiger partial charge in [0, 0.05) is 19.2 Å². The number of benzene rings is 2. The van der Waals surface area contributed by atoms with E-state index in [1.165, 1.54) is 0 Å². The lowest BCUT2D eigenvalue weighted by Gasteiger charge is -2.18. The first-order valence-electron chi connectivity index (χ1n) is 8.41. The van der Waals surface area contributed by atoms with E-state index >= 15 is 0 Å². The summed E-state index contributed by atoms with van der Waals surface area (Å²) in [5.41, 5.74) is 1.49. The molecule has 0 aliphatic heterocycles. The van der Waals surface area contributed by atoms with E-state index in [-0.39, 0.29) is 12.5 Å². The molecule has 2 aromatic carbocycles. The second kappa shape index (κ2) is 9.46. The van der Waals surface area contributed by atoms with Crippen molar-refractivity contribution in [3.8, 4) is 11.5 Å². The summed E-state index contributed by atoms with van der Waals surface area (Å²) in [6.45, 7) is 2.69. The Balaban J connectivity index is 1.97. The summed E-state index contributed by atoms with van der Waals surface area (Å²) in [6.07, 6.45) is 0.907. The van der Waals surface area contributed by atoms with Gasteiger partial charge in [-0.1, -0.05) is 25.1 Å². The number of nitrogens with zero attached hydrogens (tertiary/aromatic N) is 1. The average Bonchev–Trinajstić information content (AvgIpc) is 2.65. The molecule has 0 bridgehead atoms. The maximum Gasteiger partial charge on any atom is 0.341 e. The van der Waals surface area contributed by atoms with Gasteiger partial charge in [0.2, 0.25) is 0 Å². The molecule has 0 fully saturated rings. The molecule has 1 N–H and O–H groups in total. The van der Waals surface area contributed by atoms with Gasteiger partial charge >= 0.3 is 5.97 Å². The minimum absolute atomic E-state index is 0.0989. The molecule has 1 amide bonds. The van der Waals surface area contributed by atoms with E-state index in [4.69, 9.17) is 14.6 Å². The van der Waals surface area contributed by atoms with Gasteiger partial charge in [-0.15, -0.1) is 0 Å². The summed E-state index contributed by atoms with van der Waals surface area (Å²) in [4.78, 5) is 24.7. The van der Waals surface area contributed by atoms with Crippen molar-refractivity contribution in [1.29, 1.82) is 0 Å². The number of carboxylic acid groups (broad SMARTS) is 1. The number of hydrogen-bond donors (Lipinski definition) is 1. The molecule has 0 unspecified atom stereocenters. The molecule has 138 valence electrons. The van der Waals surface area contributed by atoms with Crippen LogP contribution in [-0.4, -0.2) is 42.1 Å². The quantitative estimate of drug-likeness (QED) is 0.746. The van der Waals surface area contributed by atoms with Gasteiger partial charge in [-0.3, -0.25) is 4.79 Å². The van der Waals surface area contributed by atoms with Crippen LogP contribution < -0.4 is 9.47 Å². The number of amides is 1. The molecule has 0 atom stereocenters. The van der Waals surface area contributed by atoms with Gasteiger partial charge in [0.05, 0.1) is 6.61 Å². The van der Waals surface area contributed by atoms with Crippen molar-refractivity contribution in [1.82, 2.24) is 4.90 Å². The van der Waals surface area contributed by atoms with Crippen LogP contribution in [0.3, 0.4) is 0 Å². The molecule has 6 heteroatoms. The monoisotopic (exact) mass is 357 g/mol. The summed E-state index contributed by atoms with van der Waals surface area (Å²) in [5, 5.41) is 8.61. The van der Waals surface area contributed by atoms with Gasteiger partial charge in [-0.2, -0.15) is 0 Å². The molecular weight excluding hydrogens is 334 g/mol. The molecule has 0 aliphatic carbocycles. The lowest BCUT2D eigenvalue weighted by molar-refractivity contribution is -0.139. The number of aliphatic carboxylic acids is 1. The van der Waals surface area contributed by atoms with E-state index < -0.39 is 5.97 Å². The molecule has 0 saturated heterocycles. The standard InChI is InChI=1S/C20H23NO5/c1-3-11-25-18-6-4-5-16(12-18)20(24)21(2)13-15-7-9-17(10-8-15)26-14-19(22)23/h4-10,12H,3,11,13-14H2,1-2H3,(H,22,23). The SMILES string of the molecule is CCCOc1cccc(C(=O)N(C)Cc2ccc(OCC(=O)O)cc2)c1. The average molecular weight is 357 g/mol. The van der Waals surface area contributed by atoms with E-state index in [0.717, 1.165) is 12.0 Å². The number of rotatable bonds is 9. The van der Waals surface area contributed by atoms with Crippen LogP contribution in [-0.2, 0) is 11.3 Å². The highest BCUT2D eigenvalue weighted by Gasteiger charge is 2.13. The van der Waals surface area contributed by atoms with Crippen molar-refractivity contribution in [2.75, 3.05) is 20.3 Å². The van der Waals surface area contributed by atoms with Gasteiger partial charge in [0.15, 0.2) is 6.61 Å². The zero-order valence-electron chi connectivity index (χ0n) is 15.0. The minimum Gasteiger partial charge on any atom is -0.494 e. The highest BCUT2D eigenvalue weighted by Crippen LogP contribution is 2.17. The Morgan fingerprint density at radius 1 is 1.04 bits per heavy atom. The van der Waals surface area contributed by atoms with Crippen LogP contribution in [0.25, 0.3) is 0 Å². The molecule has 2 rings (SSSR count). The molecule has 0 saturated carbocycles. The summed E-state index contributed by atoms with van der Waals surface area (Å²) in [7, 11) is 1.73. The highest BCUT2D eigenvalue weighted by molar-refractivity contribution is 5.94. The molecule has 0 aliphatic rings. The Kier molecular flexibility index (Phi) is 7.02. The highest BCUT2D eigenvalue weighted by atomic mass is 16.5. The van der Waals surface area contributed by atoms with Gasteiger partial charge in [-0.05, 0) is 42.3 Å². The summed E-state index contributed by atoms with van der Waals surface area (Å²) in [6, 6.07) is 14.1. The largest absolute Gasteiger partial charge is 0.494 e. The van der Waals surface area contributed by atoms with Gasteiger partial charge in [0.1, 0.15) is 11.5 Å². The molecule has 0 spiro atoms. The third-order valence-electron chi connectivity index (χ3n) is 3.61. The van der Waals surface area contributed by atoms with Crippen molar-refractivity contribution >= 4 is 11.9 Å². The predicted octanol–water partition coefficient (Wildman–Crippen LogP) is 3.21. The first-order chi connectivity index (χ1) is 12.5. The number of carbonyl (C=O) groups excluding carboxylic acids is 1. The Hall–Kier alpha value is -3.02. The molecule has 0 radical (unpaired) electrons. The van der Waals surface area contributed by atoms with Crippen LogP contribution in [0.5, 0.6) is 11.5 Å². The molecule has 0 heterocycles. The van der Waals surface area contributed by atoms with Crippen molar-refractivity contribution in [2.45, 2.75) is 19.9 Å². The fraction of sp³-hybridized carbons (Fsp3) is 0.300. The second-order valence-corrected chi connectivity index (χ2v) is 5.86. The zero-order valence-corrected chi connectivity index (χ0v) is 15.0. The molecular formula is C20H23NO5. The Morgan fingerprint density at radius 3 is 2.42 bits per heavy atom. The van der Waals surface area contributed by atoms with E-state index in [1.807, 2.05) is 25.1 Å². The van der Waals surface area contributed by atoms with Gasteiger partial charge in [-0.25, -0.2) is 4.79 Å². The molecule has 6 nitrogen and oxygen atoms in total. The van der Waals surface area contributed by atoms with Crippen molar-refractivity contribution < 1.29 is 24.2 Å². The third kappa shape index (κ3) is 5.81. The number of ether oxygens (including phenoxy) is 2. The number of carbonyl (C=O) groups is 2. The summed E-state index contributed by atoms with van der Waals surface area (Å²) < 4.78 is 10.7. The normalized spacial score (nSPS) is 10.2. The van der Waals surface area contributed by atoms with Crippen LogP contribution in [0.4, 0.5) is 0 Å². The Morgan fingerprint density at radius 2 is 1.77 bits per heavy atom. The van der Waals surface area contributed by atoms with Gasteiger partial charge < -0.3 is 19.5 Å². The zero-order chi connectivity index (χ0) is 18.9. The maximum atomic E-state index is 12.6. The van der Waals surface area contributed by atoms with E-state index in [9.17, 15) is 9.59 Å². The number of carboxylic acids is 1. The van der Waals surface area contributed by atoms with Crippen LogP contribution in [0.15, 0.2) is 48.5 Å². The van der Waals surface area contributed by atoms with Crippen molar-refractivity contribution in [3.63, 3.8) is 0 Å². The predicted molar refractivity (Wildman–Crippen MR) is 97.6 cm³/mol. The van der Waals surface area contributed by atoms with Gasteiger partial charge in [0.25, 0.3) is 5.91 Å². The summed E-state index contributed by atoms with van der Waals surface area (Å²) >= 11 is 0. The maximum absolute atomic E-state index is 12.6. The van der Waals surface area contributed by atoms with Crippen LogP contribution in [0.1, 0.15) is 29.3 Å². The van der Waals surface area contributed by atoms with Crippen LogP contribution >= 0.6 is 0 Å². The topological polar surface area (TPSA) is 76.1 Å². The lowest BCUT2D eigenvalue weighted by Crippen LogP contribution is -2.26. The smallest absolute Gasteiger partial charge is 0.341 e. The molecule has 0 aromatic heterocycles. The van der Waals surface area contributed by atoms with E-state index in [1.54, 1.807) is 42.3 Å². The number of hydrogen-bond acceptors (Lipinski definition) is 4. The summed E-state index contributed by atoms with van der Waals surface area (Å²) in [5.74, 6) is 0.0413. The van der Waals surface area contributed by atoms with Crippen molar-refractivity contribution in [2.24, 2.45) is 0 Å². The first kappa shape index (κ1) is 19.3. The van der Waals surface area contributed by atoms with E-state index in [2.05, 4.69) is 0 Å².